The Bertz CT molecular complexity index is 1020. The van der Waals surface area contributed by atoms with E-state index in [1.165, 1.54) is 28.6 Å². The van der Waals surface area contributed by atoms with Crippen molar-refractivity contribution in [3.8, 4) is 0 Å². The van der Waals surface area contributed by atoms with Gasteiger partial charge in [-0.15, -0.1) is 0 Å². The van der Waals surface area contributed by atoms with Crippen LogP contribution in [0.5, 0.6) is 0 Å². The van der Waals surface area contributed by atoms with Gasteiger partial charge in [-0.25, -0.2) is 13.2 Å². The van der Waals surface area contributed by atoms with E-state index in [4.69, 9.17) is 9.15 Å². The molecule has 154 valence electrons. The highest BCUT2D eigenvalue weighted by molar-refractivity contribution is 7.89. The van der Waals surface area contributed by atoms with Crippen LogP contribution in [0.2, 0.25) is 0 Å². The molecule has 3 rings (SSSR count). The molecule has 11 heteroatoms. The number of nitro groups is 1. The Hall–Kier alpha value is -3.05. The monoisotopic (exact) mass is 422 g/mol. The SMILES string of the molecule is O=C(COC(=O)c1ccc([N+](=O)[O-])o1)c1ccc(S(=O)(=O)N2CCCCC2)cc1. The maximum absolute atomic E-state index is 12.6. The van der Waals surface area contributed by atoms with Crippen LogP contribution in [0.15, 0.2) is 45.7 Å². The Labute approximate surface area is 166 Å². The van der Waals surface area contributed by atoms with Crippen molar-refractivity contribution in [2.45, 2.75) is 24.2 Å². The number of piperidine rings is 1. The standard InChI is InChI=1S/C18H18N2O8S/c21-15(12-27-18(22)16-8-9-17(28-16)20(23)24)13-4-6-14(7-5-13)29(25,26)19-10-2-1-3-11-19/h4-9H,1-3,10-12H2. The quantitative estimate of drug-likeness (QED) is 0.287. The first kappa shape index (κ1) is 20.7. The average molecular weight is 422 g/mol. The average Bonchev–Trinajstić information content (AvgIpc) is 3.23. The normalized spacial score (nSPS) is 15.0. The fourth-order valence-electron chi connectivity index (χ4n) is 2.89. The third-order valence-corrected chi connectivity index (χ3v) is 6.35. The van der Waals surface area contributed by atoms with Gasteiger partial charge in [0.25, 0.3) is 0 Å². The number of furan rings is 1. The summed E-state index contributed by atoms with van der Waals surface area (Å²) >= 11 is 0. The number of Topliss-reactive ketones (excluding diaryl/α,β-unsaturated/α-hetero) is 1. The van der Waals surface area contributed by atoms with Gasteiger partial charge in [-0.3, -0.25) is 14.9 Å². The summed E-state index contributed by atoms with van der Waals surface area (Å²) in [6.45, 7) is 0.333. The van der Waals surface area contributed by atoms with E-state index in [9.17, 15) is 28.1 Å². The minimum Gasteiger partial charge on any atom is -0.451 e. The molecule has 1 aromatic carbocycles. The van der Waals surface area contributed by atoms with E-state index in [-0.39, 0.29) is 10.5 Å². The number of sulfonamides is 1. The second-order valence-electron chi connectivity index (χ2n) is 6.38. The number of hydrogen-bond donors (Lipinski definition) is 0. The molecule has 0 saturated carbocycles. The topological polar surface area (TPSA) is 137 Å². The third kappa shape index (κ3) is 4.69. The van der Waals surface area contributed by atoms with Crippen molar-refractivity contribution in [2.75, 3.05) is 19.7 Å². The van der Waals surface area contributed by atoms with E-state index in [1.807, 2.05) is 0 Å². The van der Waals surface area contributed by atoms with Crippen LogP contribution < -0.4 is 0 Å². The zero-order valence-electron chi connectivity index (χ0n) is 15.3. The van der Waals surface area contributed by atoms with Gasteiger partial charge in [0.15, 0.2) is 12.4 Å². The van der Waals surface area contributed by atoms with Crippen LogP contribution in [0, 0.1) is 10.1 Å². The Morgan fingerprint density at radius 2 is 1.72 bits per heavy atom. The van der Waals surface area contributed by atoms with Crippen LogP contribution in [0.25, 0.3) is 0 Å². The van der Waals surface area contributed by atoms with Gasteiger partial charge < -0.3 is 9.15 Å². The van der Waals surface area contributed by atoms with Gasteiger partial charge in [-0.2, -0.15) is 4.31 Å². The highest BCUT2D eigenvalue weighted by atomic mass is 32.2. The molecule has 2 heterocycles. The smallest absolute Gasteiger partial charge is 0.433 e. The minimum atomic E-state index is -3.60. The molecule has 0 radical (unpaired) electrons. The van der Waals surface area contributed by atoms with Gasteiger partial charge in [0.2, 0.25) is 15.8 Å². The molecule has 0 atom stereocenters. The van der Waals surface area contributed by atoms with E-state index < -0.39 is 45.0 Å². The predicted octanol–water partition coefficient (Wildman–Crippen LogP) is 2.40. The molecule has 1 aliphatic heterocycles. The van der Waals surface area contributed by atoms with Gasteiger partial charge in [-0.1, -0.05) is 6.42 Å². The summed E-state index contributed by atoms with van der Waals surface area (Å²) in [7, 11) is -3.60. The summed E-state index contributed by atoms with van der Waals surface area (Å²) in [6.07, 6.45) is 2.64. The third-order valence-electron chi connectivity index (χ3n) is 4.44. The Kier molecular flexibility index (Phi) is 6.09. The van der Waals surface area contributed by atoms with E-state index in [0.29, 0.717) is 13.1 Å². The van der Waals surface area contributed by atoms with Gasteiger partial charge in [0.05, 0.1) is 11.0 Å². The fourth-order valence-corrected chi connectivity index (χ4v) is 4.41. The molecule has 0 spiro atoms. The van der Waals surface area contributed by atoms with Crippen molar-refractivity contribution < 1.29 is 32.1 Å². The highest BCUT2D eigenvalue weighted by Crippen LogP contribution is 2.21. The fraction of sp³-hybridized carbons (Fsp3) is 0.333. The molecule has 0 bridgehead atoms. The van der Waals surface area contributed by atoms with E-state index >= 15 is 0 Å². The number of esters is 1. The lowest BCUT2D eigenvalue weighted by Gasteiger charge is -2.25. The number of rotatable bonds is 7. The van der Waals surface area contributed by atoms with E-state index in [1.54, 1.807) is 0 Å². The lowest BCUT2D eigenvalue weighted by Crippen LogP contribution is -2.35. The molecule has 0 aliphatic carbocycles. The van der Waals surface area contributed by atoms with E-state index in [2.05, 4.69) is 0 Å². The summed E-state index contributed by atoms with van der Waals surface area (Å²) in [5.41, 5.74) is 0.167. The lowest BCUT2D eigenvalue weighted by molar-refractivity contribution is -0.402. The van der Waals surface area contributed by atoms with Crippen molar-refractivity contribution in [3.63, 3.8) is 0 Å². The number of hydrogen-bond acceptors (Lipinski definition) is 8. The van der Waals surface area contributed by atoms with Crippen molar-refractivity contribution in [3.05, 3.63) is 57.8 Å². The first-order chi connectivity index (χ1) is 13.8. The van der Waals surface area contributed by atoms with Crippen LogP contribution in [-0.4, -0.2) is 49.1 Å². The minimum absolute atomic E-state index is 0.0934. The van der Waals surface area contributed by atoms with Crippen LogP contribution in [0.4, 0.5) is 5.88 Å². The van der Waals surface area contributed by atoms with Crippen LogP contribution in [-0.2, 0) is 14.8 Å². The molecule has 1 aliphatic rings. The largest absolute Gasteiger partial charge is 0.451 e. The zero-order chi connectivity index (χ0) is 21.0. The first-order valence-corrected chi connectivity index (χ1v) is 10.3. The molecule has 1 aromatic heterocycles. The van der Waals surface area contributed by atoms with Gasteiger partial charge in [0.1, 0.15) is 4.92 Å². The molecule has 0 N–H and O–H groups in total. The van der Waals surface area contributed by atoms with Crippen LogP contribution >= 0.6 is 0 Å². The number of carbonyl (C=O) groups excluding carboxylic acids is 2. The molecule has 1 fully saturated rings. The highest BCUT2D eigenvalue weighted by Gasteiger charge is 2.26. The van der Waals surface area contributed by atoms with Gasteiger partial charge >= 0.3 is 11.9 Å². The van der Waals surface area contributed by atoms with Crippen molar-refractivity contribution in [1.29, 1.82) is 0 Å². The van der Waals surface area contributed by atoms with Crippen LogP contribution in [0.3, 0.4) is 0 Å². The number of nitrogens with zero attached hydrogens (tertiary/aromatic N) is 2. The second-order valence-corrected chi connectivity index (χ2v) is 8.32. The number of ether oxygens (including phenoxy) is 1. The molecule has 1 saturated heterocycles. The molecular weight excluding hydrogens is 404 g/mol. The Balaban J connectivity index is 1.61. The summed E-state index contributed by atoms with van der Waals surface area (Å²) in [4.78, 5) is 33.8. The summed E-state index contributed by atoms with van der Waals surface area (Å²) in [5.74, 6) is -2.58. The molecule has 29 heavy (non-hydrogen) atoms. The lowest BCUT2D eigenvalue weighted by atomic mass is 10.1. The summed E-state index contributed by atoms with van der Waals surface area (Å²) in [5, 5.41) is 10.5. The number of carbonyl (C=O) groups is 2. The van der Waals surface area contributed by atoms with Gasteiger partial charge in [0, 0.05) is 18.7 Å². The molecule has 2 aromatic rings. The molecular formula is C18H18N2O8S. The maximum atomic E-state index is 12.6. The molecule has 0 amide bonds. The second kappa shape index (κ2) is 8.53. The Morgan fingerprint density at radius 3 is 2.31 bits per heavy atom. The van der Waals surface area contributed by atoms with Crippen molar-refractivity contribution >= 4 is 27.7 Å². The number of benzene rings is 1. The Morgan fingerprint density at radius 1 is 1.07 bits per heavy atom. The predicted molar refractivity (Wildman–Crippen MR) is 99.0 cm³/mol. The van der Waals surface area contributed by atoms with Crippen molar-refractivity contribution in [1.82, 2.24) is 4.31 Å². The van der Waals surface area contributed by atoms with Gasteiger partial charge in [-0.05, 0) is 43.2 Å². The summed E-state index contributed by atoms with van der Waals surface area (Å²) < 4.78 is 36.1. The first-order valence-electron chi connectivity index (χ1n) is 8.84. The number of ketones is 1. The van der Waals surface area contributed by atoms with Crippen LogP contribution in [0.1, 0.15) is 40.2 Å². The zero-order valence-corrected chi connectivity index (χ0v) is 16.1. The maximum Gasteiger partial charge on any atom is 0.433 e. The van der Waals surface area contributed by atoms with E-state index in [0.717, 1.165) is 31.4 Å². The summed E-state index contributed by atoms with van der Waals surface area (Å²) in [6, 6.07) is 7.46. The molecule has 10 nitrogen and oxygen atoms in total. The van der Waals surface area contributed by atoms with Crippen molar-refractivity contribution in [2.24, 2.45) is 0 Å². The molecule has 0 unspecified atom stereocenters.